The van der Waals surface area contributed by atoms with Gasteiger partial charge in [0, 0.05) is 6.42 Å². The maximum atomic E-state index is 12.7. The summed E-state index contributed by atoms with van der Waals surface area (Å²) in [6, 6.07) is 1.89. The first-order chi connectivity index (χ1) is 6.00. The minimum atomic E-state index is -1.05. The van der Waals surface area contributed by atoms with Gasteiger partial charge in [0.1, 0.15) is 5.78 Å². The maximum Gasteiger partial charge on any atom is 0.187 e. The van der Waals surface area contributed by atoms with Crippen LogP contribution in [0.15, 0.2) is 12.1 Å². The highest BCUT2D eigenvalue weighted by Crippen LogP contribution is 2.21. The third kappa shape index (κ3) is 2.24. The number of carbonyl (C=O) groups excluding carboxylic acids is 1. The van der Waals surface area contributed by atoms with E-state index >= 15 is 0 Å². The molecule has 0 aliphatic heterocycles. The fraction of sp³-hybridized carbons (Fsp3) is 0.222. The number of hydrogen-bond acceptors (Lipinski definition) is 2. The van der Waals surface area contributed by atoms with Crippen molar-refractivity contribution < 1.29 is 18.7 Å². The number of aromatic hydroxyl groups is 1. The molecule has 0 heterocycles. The lowest BCUT2D eigenvalue weighted by molar-refractivity contribution is -0.116. The van der Waals surface area contributed by atoms with E-state index in [9.17, 15) is 13.6 Å². The number of phenolic OH excluding ortho intramolecular Hbond substituents is 1. The molecule has 0 amide bonds. The van der Waals surface area contributed by atoms with Gasteiger partial charge in [0.15, 0.2) is 17.4 Å². The Labute approximate surface area is 73.8 Å². The molecule has 0 radical (unpaired) electrons. The fourth-order valence-electron chi connectivity index (χ4n) is 1.01. The second-order valence-electron chi connectivity index (χ2n) is 2.79. The summed E-state index contributed by atoms with van der Waals surface area (Å²) in [5.74, 6) is -3.29. The van der Waals surface area contributed by atoms with E-state index in [2.05, 4.69) is 0 Å². The molecule has 0 aromatic heterocycles. The van der Waals surface area contributed by atoms with Crippen LogP contribution in [-0.4, -0.2) is 10.9 Å². The number of ketones is 1. The van der Waals surface area contributed by atoms with Gasteiger partial charge in [-0.25, -0.2) is 8.78 Å². The number of benzene rings is 1. The lowest BCUT2D eigenvalue weighted by Gasteiger charge is -2.01. The van der Waals surface area contributed by atoms with Gasteiger partial charge < -0.3 is 5.11 Å². The Morgan fingerprint density at radius 1 is 1.38 bits per heavy atom. The van der Waals surface area contributed by atoms with Gasteiger partial charge in [0.2, 0.25) is 0 Å². The van der Waals surface area contributed by atoms with E-state index in [1.807, 2.05) is 0 Å². The van der Waals surface area contributed by atoms with E-state index in [0.29, 0.717) is 0 Å². The van der Waals surface area contributed by atoms with Crippen LogP contribution >= 0.6 is 0 Å². The van der Waals surface area contributed by atoms with E-state index in [0.717, 1.165) is 12.1 Å². The SMILES string of the molecule is CC(=O)Cc1cc(F)c(O)c(F)c1. The zero-order valence-electron chi connectivity index (χ0n) is 6.97. The monoisotopic (exact) mass is 186 g/mol. The van der Waals surface area contributed by atoms with Gasteiger partial charge in [-0.05, 0) is 24.6 Å². The van der Waals surface area contributed by atoms with Crippen molar-refractivity contribution in [2.24, 2.45) is 0 Å². The molecule has 13 heavy (non-hydrogen) atoms. The number of Topliss-reactive ketones (excluding diaryl/α,β-unsaturated/α-hetero) is 1. The van der Waals surface area contributed by atoms with Crippen molar-refractivity contribution in [3.8, 4) is 5.75 Å². The Kier molecular flexibility index (Phi) is 2.60. The number of rotatable bonds is 2. The quantitative estimate of drug-likeness (QED) is 0.764. The smallest absolute Gasteiger partial charge is 0.187 e. The van der Waals surface area contributed by atoms with Crippen molar-refractivity contribution in [2.45, 2.75) is 13.3 Å². The van der Waals surface area contributed by atoms with Crippen molar-refractivity contribution in [2.75, 3.05) is 0 Å². The van der Waals surface area contributed by atoms with E-state index < -0.39 is 17.4 Å². The Hall–Kier alpha value is -1.45. The van der Waals surface area contributed by atoms with Gasteiger partial charge in [-0.2, -0.15) is 0 Å². The summed E-state index contributed by atoms with van der Waals surface area (Å²) in [7, 11) is 0. The van der Waals surface area contributed by atoms with Gasteiger partial charge in [-0.15, -0.1) is 0 Å². The fourth-order valence-corrected chi connectivity index (χ4v) is 1.01. The van der Waals surface area contributed by atoms with Crippen LogP contribution < -0.4 is 0 Å². The summed E-state index contributed by atoms with van der Waals surface area (Å²) in [5, 5.41) is 8.73. The second kappa shape index (κ2) is 3.51. The second-order valence-corrected chi connectivity index (χ2v) is 2.79. The minimum Gasteiger partial charge on any atom is -0.503 e. The summed E-state index contributed by atoms with van der Waals surface area (Å²) in [6.45, 7) is 1.32. The molecule has 1 aromatic rings. The Balaban J connectivity index is 3.06. The molecule has 2 nitrogen and oxygen atoms in total. The summed E-state index contributed by atoms with van der Waals surface area (Å²) in [4.78, 5) is 10.6. The predicted molar refractivity (Wildman–Crippen MR) is 42.4 cm³/mol. The number of hydrogen-bond donors (Lipinski definition) is 1. The molecule has 0 saturated carbocycles. The topological polar surface area (TPSA) is 37.3 Å². The highest BCUT2D eigenvalue weighted by Gasteiger charge is 2.10. The lowest BCUT2D eigenvalue weighted by atomic mass is 10.1. The van der Waals surface area contributed by atoms with Gasteiger partial charge in [0.25, 0.3) is 0 Å². The van der Waals surface area contributed by atoms with Crippen LogP contribution in [0.2, 0.25) is 0 Å². The van der Waals surface area contributed by atoms with Crippen LogP contribution in [0.25, 0.3) is 0 Å². The van der Waals surface area contributed by atoms with E-state index in [1.54, 1.807) is 0 Å². The normalized spacial score (nSPS) is 10.1. The molecule has 70 valence electrons. The van der Waals surface area contributed by atoms with Crippen LogP contribution in [0, 0.1) is 11.6 Å². The zero-order chi connectivity index (χ0) is 10.0. The van der Waals surface area contributed by atoms with E-state index in [4.69, 9.17) is 5.11 Å². The molecular formula is C9H8F2O2. The van der Waals surface area contributed by atoms with Crippen molar-refractivity contribution in [3.63, 3.8) is 0 Å². The van der Waals surface area contributed by atoms with Gasteiger partial charge in [-0.3, -0.25) is 4.79 Å². The standard InChI is InChI=1S/C9H8F2O2/c1-5(12)2-6-3-7(10)9(13)8(11)4-6/h3-4,13H,2H2,1H3. The third-order valence-corrected chi connectivity index (χ3v) is 1.53. The Morgan fingerprint density at radius 2 is 1.85 bits per heavy atom. The molecule has 1 N–H and O–H groups in total. The molecule has 1 aromatic carbocycles. The first kappa shape index (κ1) is 9.64. The molecule has 0 spiro atoms. The largest absolute Gasteiger partial charge is 0.503 e. The molecule has 4 heteroatoms. The third-order valence-electron chi connectivity index (χ3n) is 1.53. The first-order valence-electron chi connectivity index (χ1n) is 3.67. The molecule has 0 fully saturated rings. The van der Waals surface area contributed by atoms with Crippen LogP contribution in [0.5, 0.6) is 5.75 Å². The summed E-state index contributed by atoms with van der Waals surface area (Å²) in [5.41, 5.74) is 0.223. The molecule has 0 saturated heterocycles. The van der Waals surface area contributed by atoms with E-state index in [1.165, 1.54) is 6.92 Å². The summed E-state index contributed by atoms with van der Waals surface area (Å²) in [6.07, 6.45) is -0.0336. The van der Waals surface area contributed by atoms with Crippen molar-refractivity contribution in [1.29, 1.82) is 0 Å². The molecule has 1 rings (SSSR count). The summed E-state index contributed by atoms with van der Waals surface area (Å²) < 4.78 is 25.4. The van der Waals surface area contributed by atoms with Crippen molar-refractivity contribution in [3.05, 3.63) is 29.3 Å². The number of phenols is 1. The number of halogens is 2. The Morgan fingerprint density at radius 3 is 2.23 bits per heavy atom. The average Bonchev–Trinajstić information content (AvgIpc) is 1.98. The first-order valence-corrected chi connectivity index (χ1v) is 3.67. The summed E-state index contributed by atoms with van der Waals surface area (Å²) >= 11 is 0. The minimum absolute atomic E-state index is 0.0336. The lowest BCUT2D eigenvalue weighted by Crippen LogP contribution is -1.98. The van der Waals surface area contributed by atoms with E-state index in [-0.39, 0.29) is 17.8 Å². The van der Waals surface area contributed by atoms with Crippen molar-refractivity contribution in [1.82, 2.24) is 0 Å². The highest BCUT2D eigenvalue weighted by molar-refractivity contribution is 5.78. The van der Waals surface area contributed by atoms with Crippen LogP contribution in [0.1, 0.15) is 12.5 Å². The van der Waals surface area contributed by atoms with Gasteiger partial charge >= 0.3 is 0 Å². The van der Waals surface area contributed by atoms with Gasteiger partial charge in [-0.1, -0.05) is 0 Å². The molecule has 0 unspecified atom stereocenters. The maximum absolute atomic E-state index is 12.7. The van der Waals surface area contributed by atoms with Gasteiger partial charge in [0.05, 0.1) is 0 Å². The molecule has 0 aliphatic rings. The van der Waals surface area contributed by atoms with Crippen LogP contribution in [-0.2, 0) is 11.2 Å². The predicted octanol–water partition coefficient (Wildman–Crippen LogP) is 1.80. The average molecular weight is 186 g/mol. The van der Waals surface area contributed by atoms with Crippen LogP contribution in [0.4, 0.5) is 8.78 Å². The number of carbonyl (C=O) groups is 1. The molecular weight excluding hydrogens is 178 g/mol. The van der Waals surface area contributed by atoms with Crippen LogP contribution in [0.3, 0.4) is 0 Å². The highest BCUT2D eigenvalue weighted by atomic mass is 19.1. The Bertz CT molecular complexity index is 324. The molecule has 0 aliphatic carbocycles. The zero-order valence-corrected chi connectivity index (χ0v) is 6.97. The van der Waals surface area contributed by atoms with Crippen molar-refractivity contribution >= 4 is 5.78 Å². The molecule has 0 atom stereocenters. The molecule has 0 bridgehead atoms.